The summed E-state index contributed by atoms with van der Waals surface area (Å²) < 4.78 is 2.18. The third kappa shape index (κ3) is 2.34. The fraction of sp³-hybridized carbons (Fsp3) is 0.300. The number of aryl methyl sites for hydroxylation is 1. The SMILES string of the molecule is CCC(O)(CC)c1cn(-c2ccc(C)cc2)c2ccccc12. The average molecular weight is 293 g/mol. The second-order valence-electron chi connectivity index (χ2n) is 6.00. The van der Waals surface area contributed by atoms with E-state index in [9.17, 15) is 5.11 Å². The highest BCUT2D eigenvalue weighted by atomic mass is 16.3. The van der Waals surface area contributed by atoms with Crippen LogP contribution in [0.15, 0.2) is 54.7 Å². The fourth-order valence-corrected chi connectivity index (χ4v) is 3.10. The number of hydrogen-bond acceptors (Lipinski definition) is 1. The Morgan fingerprint density at radius 2 is 1.59 bits per heavy atom. The van der Waals surface area contributed by atoms with Crippen molar-refractivity contribution >= 4 is 10.9 Å². The van der Waals surface area contributed by atoms with Gasteiger partial charge in [0, 0.05) is 22.8 Å². The molecule has 3 rings (SSSR count). The highest BCUT2D eigenvalue weighted by molar-refractivity contribution is 5.86. The predicted molar refractivity (Wildman–Crippen MR) is 92.5 cm³/mol. The van der Waals surface area contributed by atoms with E-state index < -0.39 is 5.60 Å². The van der Waals surface area contributed by atoms with E-state index in [1.165, 1.54) is 5.56 Å². The standard InChI is InChI=1S/C20H23NO/c1-4-20(22,5-2)18-14-21(16-12-10-15(3)11-13-16)19-9-7-6-8-17(18)19/h6-14,22H,4-5H2,1-3H3. The Balaban J connectivity index is 2.26. The second-order valence-corrected chi connectivity index (χ2v) is 6.00. The van der Waals surface area contributed by atoms with Gasteiger partial charge < -0.3 is 9.67 Å². The molecule has 0 saturated heterocycles. The van der Waals surface area contributed by atoms with E-state index in [4.69, 9.17) is 0 Å². The normalized spacial score (nSPS) is 12.0. The van der Waals surface area contributed by atoms with Crippen LogP contribution < -0.4 is 0 Å². The molecule has 0 bridgehead atoms. The quantitative estimate of drug-likeness (QED) is 0.723. The largest absolute Gasteiger partial charge is 0.385 e. The maximum atomic E-state index is 11.0. The van der Waals surface area contributed by atoms with Crippen molar-refractivity contribution in [1.29, 1.82) is 0 Å². The Morgan fingerprint density at radius 3 is 2.23 bits per heavy atom. The minimum Gasteiger partial charge on any atom is -0.385 e. The first-order valence-corrected chi connectivity index (χ1v) is 7.99. The lowest BCUT2D eigenvalue weighted by molar-refractivity contribution is 0.0298. The summed E-state index contributed by atoms with van der Waals surface area (Å²) in [6, 6.07) is 16.8. The smallest absolute Gasteiger partial charge is 0.0912 e. The minimum absolute atomic E-state index is 0.714. The van der Waals surface area contributed by atoms with Gasteiger partial charge in [-0.05, 0) is 38.0 Å². The third-order valence-electron chi connectivity index (χ3n) is 4.70. The molecular formula is C20H23NO. The molecule has 0 saturated carbocycles. The van der Waals surface area contributed by atoms with Crippen molar-refractivity contribution in [3.8, 4) is 5.69 Å². The Labute approximate surface area is 132 Å². The molecule has 114 valence electrons. The molecule has 0 aliphatic rings. The van der Waals surface area contributed by atoms with Crippen molar-refractivity contribution in [2.75, 3.05) is 0 Å². The summed E-state index contributed by atoms with van der Waals surface area (Å²) in [7, 11) is 0. The fourth-order valence-electron chi connectivity index (χ4n) is 3.10. The number of aromatic nitrogens is 1. The van der Waals surface area contributed by atoms with E-state index in [2.05, 4.69) is 54.1 Å². The van der Waals surface area contributed by atoms with E-state index in [-0.39, 0.29) is 0 Å². The molecule has 2 aromatic carbocycles. The number of aliphatic hydroxyl groups is 1. The molecule has 0 atom stereocenters. The first-order chi connectivity index (χ1) is 10.6. The van der Waals surface area contributed by atoms with Crippen LogP contribution in [0.4, 0.5) is 0 Å². The molecule has 0 unspecified atom stereocenters. The Morgan fingerprint density at radius 1 is 0.955 bits per heavy atom. The van der Waals surface area contributed by atoms with Gasteiger partial charge in [0.05, 0.1) is 11.1 Å². The molecule has 0 radical (unpaired) electrons. The van der Waals surface area contributed by atoms with Gasteiger partial charge in [0.25, 0.3) is 0 Å². The summed E-state index contributed by atoms with van der Waals surface area (Å²) >= 11 is 0. The first-order valence-electron chi connectivity index (χ1n) is 7.99. The lowest BCUT2D eigenvalue weighted by Gasteiger charge is -2.24. The third-order valence-corrected chi connectivity index (χ3v) is 4.70. The molecular weight excluding hydrogens is 270 g/mol. The zero-order chi connectivity index (χ0) is 15.7. The summed E-state index contributed by atoms with van der Waals surface area (Å²) in [4.78, 5) is 0. The summed E-state index contributed by atoms with van der Waals surface area (Å²) in [5, 5.41) is 12.1. The van der Waals surface area contributed by atoms with Crippen molar-refractivity contribution in [2.45, 2.75) is 39.2 Å². The van der Waals surface area contributed by atoms with Crippen LogP contribution >= 0.6 is 0 Å². The second kappa shape index (κ2) is 5.62. The highest BCUT2D eigenvalue weighted by Crippen LogP contribution is 2.36. The Hall–Kier alpha value is -2.06. The van der Waals surface area contributed by atoms with Gasteiger partial charge in [-0.15, -0.1) is 0 Å². The molecule has 2 nitrogen and oxygen atoms in total. The summed E-state index contributed by atoms with van der Waals surface area (Å²) in [6.45, 7) is 6.18. The maximum absolute atomic E-state index is 11.0. The molecule has 0 fully saturated rings. The van der Waals surface area contributed by atoms with E-state index in [1.807, 2.05) is 26.0 Å². The molecule has 1 aromatic heterocycles. The van der Waals surface area contributed by atoms with Crippen LogP contribution in [0.1, 0.15) is 37.8 Å². The first kappa shape index (κ1) is 14.9. The maximum Gasteiger partial charge on any atom is 0.0912 e. The number of rotatable bonds is 4. The van der Waals surface area contributed by atoms with Crippen LogP contribution in [0.2, 0.25) is 0 Å². The molecule has 2 heteroatoms. The molecule has 1 heterocycles. The van der Waals surface area contributed by atoms with Gasteiger partial charge in [-0.2, -0.15) is 0 Å². The summed E-state index contributed by atoms with van der Waals surface area (Å²) in [5.74, 6) is 0. The van der Waals surface area contributed by atoms with Crippen LogP contribution in [0, 0.1) is 6.92 Å². The predicted octanol–water partition coefficient (Wildman–Crippen LogP) is 4.95. The summed E-state index contributed by atoms with van der Waals surface area (Å²) in [6.07, 6.45) is 3.53. The number of hydrogen-bond donors (Lipinski definition) is 1. The van der Waals surface area contributed by atoms with Crippen molar-refractivity contribution < 1.29 is 5.11 Å². The van der Waals surface area contributed by atoms with Crippen molar-refractivity contribution in [3.63, 3.8) is 0 Å². The zero-order valence-electron chi connectivity index (χ0n) is 13.5. The monoisotopic (exact) mass is 293 g/mol. The van der Waals surface area contributed by atoms with Gasteiger partial charge in [0.15, 0.2) is 0 Å². The van der Waals surface area contributed by atoms with E-state index >= 15 is 0 Å². The zero-order valence-corrected chi connectivity index (χ0v) is 13.5. The van der Waals surface area contributed by atoms with Crippen molar-refractivity contribution in [3.05, 3.63) is 65.9 Å². The number of benzene rings is 2. The summed E-state index contributed by atoms with van der Waals surface area (Å²) in [5.41, 5.74) is 3.77. The van der Waals surface area contributed by atoms with Crippen LogP contribution in [0.5, 0.6) is 0 Å². The highest BCUT2D eigenvalue weighted by Gasteiger charge is 2.28. The van der Waals surface area contributed by atoms with Crippen LogP contribution in [0.3, 0.4) is 0 Å². The number of nitrogens with zero attached hydrogens (tertiary/aromatic N) is 1. The molecule has 22 heavy (non-hydrogen) atoms. The minimum atomic E-state index is -0.768. The van der Waals surface area contributed by atoms with Crippen LogP contribution in [-0.4, -0.2) is 9.67 Å². The molecule has 1 N–H and O–H groups in total. The molecule has 3 aromatic rings. The average Bonchev–Trinajstić information content (AvgIpc) is 2.95. The lowest BCUT2D eigenvalue weighted by Crippen LogP contribution is -2.23. The van der Waals surface area contributed by atoms with Gasteiger partial charge in [-0.1, -0.05) is 49.7 Å². The molecule has 0 spiro atoms. The van der Waals surface area contributed by atoms with Crippen LogP contribution in [-0.2, 0) is 5.60 Å². The lowest BCUT2D eigenvalue weighted by atomic mass is 9.88. The molecule has 0 amide bonds. The van der Waals surface area contributed by atoms with Gasteiger partial charge in [0.1, 0.15) is 0 Å². The van der Waals surface area contributed by atoms with E-state index in [0.29, 0.717) is 12.8 Å². The number of para-hydroxylation sites is 1. The van der Waals surface area contributed by atoms with Gasteiger partial charge >= 0.3 is 0 Å². The molecule has 0 aliphatic carbocycles. The van der Waals surface area contributed by atoms with Gasteiger partial charge in [-0.25, -0.2) is 0 Å². The Bertz CT molecular complexity index is 779. The van der Waals surface area contributed by atoms with Crippen LogP contribution in [0.25, 0.3) is 16.6 Å². The molecule has 0 aliphatic heterocycles. The van der Waals surface area contributed by atoms with E-state index in [0.717, 1.165) is 22.2 Å². The van der Waals surface area contributed by atoms with E-state index in [1.54, 1.807) is 0 Å². The van der Waals surface area contributed by atoms with Crippen molar-refractivity contribution in [1.82, 2.24) is 4.57 Å². The topological polar surface area (TPSA) is 25.2 Å². The van der Waals surface area contributed by atoms with Crippen molar-refractivity contribution in [2.24, 2.45) is 0 Å². The number of fused-ring (bicyclic) bond motifs is 1. The van der Waals surface area contributed by atoms with Gasteiger partial charge in [-0.3, -0.25) is 0 Å². The van der Waals surface area contributed by atoms with Gasteiger partial charge in [0.2, 0.25) is 0 Å². The Kier molecular flexibility index (Phi) is 3.79.